The third-order valence-corrected chi connectivity index (χ3v) is 2.86. The average molecular weight is 270 g/mol. The molecule has 1 saturated heterocycles. The highest BCUT2D eigenvalue weighted by atomic mass is 35.5. The molecule has 1 heterocycles. The first kappa shape index (κ1) is 12.8. The SMILES string of the molecule is CCCN=C1NC(=O)C(c2ccc(Cl)c(F)c2)N1. The summed E-state index contributed by atoms with van der Waals surface area (Å²) in [5.41, 5.74) is 0.524. The molecule has 1 unspecified atom stereocenters. The van der Waals surface area contributed by atoms with E-state index in [0.717, 1.165) is 6.42 Å². The number of benzene rings is 1. The van der Waals surface area contributed by atoms with Gasteiger partial charge in [0.05, 0.1) is 5.02 Å². The van der Waals surface area contributed by atoms with Gasteiger partial charge in [0.25, 0.3) is 5.91 Å². The molecule has 1 atom stereocenters. The summed E-state index contributed by atoms with van der Waals surface area (Å²) in [6.45, 7) is 2.62. The lowest BCUT2D eigenvalue weighted by Crippen LogP contribution is -2.25. The molecular formula is C12H13ClFN3O. The van der Waals surface area contributed by atoms with Crippen LogP contribution < -0.4 is 10.6 Å². The van der Waals surface area contributed by atoms with E-state index < -0.39 is 11.9 Å². The molecule has 2 rings (SSSR count). The van der Waals surface area contributed by atoms with Gasteiger partial charge in [0, 0.05) is 6.54 Å². The normalized spacial score (nSPS) is 20.9. The average Bonchev–Trinajstić information content (AvgIpc) is 2.71. The molecule has 0 saturated carbocycles. The largest absolute Gasteiger partial charge is 0.340 e. The minimum absolute atomic E-state index is 0.0389. The van der Waals surface area contributed by atoms with Gasteiger partial charge in [-0.3, -0.25) is 15.1 Å². The van der Waals surface area contributed by atoms with Crippen LogP contribution in [0.3, 0.4) is 0 Å². The lowest BCUT2D eigenvalue weighted by Gasteiger charge is -2.08. The van der Waals surface area contributed by atoms with Gasteiger partial charge in [-0.25, -0.2) is 4.39 Å². The summed E-state index contributed by atoms with van der Waals surface area (Å²) < 4.78 is 13.3. The summed E-state index contributed by atoms with van der Waals surface area (Å²) in [6.07, 6.45) is 0.890. The van der Waals surface area contributed by atoms with Crippen molar-refractivity contribution < 1.29 is 9.18 Å². The Labute approximate surface area is 109 Å². The minimum atomic E-state index is -0.618. The Kier molecular flexibility index (Phi) is 3.81. The van der Waals surface area contributed by atoms with Crippen molar-refractivity contribution in [3.63, 3.8) is 0 Å². The summed E-state index contributed by atoms with van der Waals surface area (Å²) >= 11 is 5.60. The Morgan fingerprint density at radius 2 is 2.28 bits per heavy atom. The number of nitrogens with one attached hydrogen (secondary N) is 2. The molecule has 0 radical (unpaired) electrons. The van der Waals surface area contributed by atoms with Crippen molar-refractivity contribution in [2.45, 2.75) is 19.4 Å². The van der Waals surface area contributed by atoms with Gasteiger partial charge in [0.1, 0.15) is 11.9 Å². The van der Waals surface area contributed by atoms with Crippen molar-refractivity contribution >= 4 is 23.5 Å². The lowest BCUT2D eigenvalue weighted by atomic mass is 10.1. The zero-order valence-electron chi connectivity index (χ0n) is 9.84. The van der Waals surface area contributed by atoms with Crippen molar-refractivity contribution in [3.05, 3.63) is 34.6 Å². The first-order chi connectivity index (χ1) is 8.61. The topological polar surface area (TPSA) is 53.5 Å². The fraction of sp³-hybridized carbons (Fsp3) is 0.333. The highest BCUT2D eigenvalue weighted by Crippen LogP contribution is 2.22. The smallest absolute Gasteiger partial charge is 0.253 e. The summed E-state index contributed by atoms with van der Waals surface area (Å²) in [5.74, 6) is -0.350. The van der Waals surface area contributed by atoms with Crippen molar-refractivity contribution in [1.82, 2.24) is 10.6 Å². The molecule has 1 amide bonds. The fourth-order valence-electron chi connectivity index (χ4n) is 1.66. The van der Waals surface area contributed by atoms with Crippen LogP contribution >= 0.6 is 11.6 Å². The van der Waals surface area contributed by atoms with Crippen LogP contribution in [0.4, 0.5) is 4.39 Å². The second-order valence-electron chi connectivity index (χ2n) is 3.97. The highest BCUT2D eigenvalue weighted by molar-refractivity contribution is 6.30. The van der Waals surface area contributed by atoms with E-state index in [1.54, 1.807) is 6.07 Å². The Hall–Kier alpha value is -1.62. The number of aliphatic imine (C=N–C) groups is 1. The number of rotatable bonds is 3. The molecule has 0 aromatic heterocycles. The molecule has 6 heteroatoms. The fourth-order valence-corrected chi connectivity index (χ4v) is 1.78. The molecule has 4 nitrogen and oxygen atoms in total. The van der Waals surface area contributed by atoms with E-state index in [4.69, 9.17) is 11.6 Å². The quantitative estimate of drug-likeness (QED) is 0.882. The van der Waals surface area contributed by atoms with E-state index in [-0.39, 0.29) is 10.9 Å². The number of hydrogen-bond donors (Lipinski definition) is 2. The Morgan fingerprint density at radius 3 is 2.94 bits per heavy atom. The maximum atomic E-state index is 13.3. The van der Waals surface area contributed by atoms with Gasteiger partial charge in [-0.15, -0.1) is 0 Å². The molecule has 1 aliphatic rings. The van der Waals surface area contributed by atoms with Crippen LogP contribution in [0.1, 0.15) is 24.9 Å². The second-order valence-corrected chi connectivity index (χ2v) is 4.38. The first-order valence-electron chi connectivity index (χ1n) is 5.68. The van der Waals surface area contributed by atoms with Gasteiger partial charge >= 0.3 is 0 Å². The molecule has 1 aliphatic heterocycles. The van der Waals surface area contributed by atoms with Gasteiger partial charge in [0.15, 0.2) is 5.96 Å². The van der Waals surface area contributed by atoms with Crippen LogP contribution in [0.2, 0.25) is 5.02 Å². The molecule has 0 bridgehead atoms. The maximum absolute atomic E-state index is 13.3. The third-order valence-electron chi connectivity index (χ3n) is 2.56. The first-order valence-corrected chi connectivity index (χ1v) is 6.06. The van der Waals surface area contributed by atoms with E-state index in [9.17, 15) is 9.18 Å². The summed E-state index contributed by atoms with van der Waals surface area (Å²) in [5, 5.41) is 5.57. The number of amides is 1. The van der Waals surface area contributed by atoms with E-state index >= 15 is 0 Å². The van der Waals surface area contributed by atoms with Crippen LogP contribution in [0.5, 0.6) is 0 Å². The Bertz CT molecular complexity index is 504. The number of carbonyl (C=O) groups excluding carboxylic acids is 1. The zero-order chi connectivity index (χ0) is 13.1. The van der Waals surface area contributed by atoms with Gasteiger partial charge in [-0.2, -0.15) is 0 Å². The van der Waals surface area contributed by atoms with E-state index in [0.29, 0.717) is 18.1 Å². The Morgan fingerprint density at radius 1 is 1.50 bits per heavy atom. The number of guanidine groups is 1. The monoisotopic (exact) mass is 269 g/mol. The molecule has 1 aromatic rings. The van der Waals surface area contributed by atoms with Crippen molar-refractivity contribution in [3.8, 4) is 0 Å². The van der Waals surface area contributed by atoms with Gasteiger partial charge in [-0.05, 0) is 24.1 Å². The maximum Gasteiger partial charge on any atom is 0.253 e. The summed E-state index contributed by atoms with van der Waals surface area (Å²) in [6, 6.07) is 3.68. The predicted octanol–water partition coefficient (Wildman–Crippen LogP) is 2.01. The number of carbonyl (C=O) groups is 1. The number of nitrogens with zero attached hydrogens (tertiary/aromatic N) is 1. The van der Waals surface area contributed by atoms with Crippen LogP contribution in [0, 0.1) is 5.82 Å². The lowest BCUT2D eigenvalue weighted by molar-refractivity contribution is -0.120. The van der Waals surface area contributed by atoms with Gasteiger partial charge < -0.3 is 5.32 Å². The van der Waals surface area contributed by atoms with Gasteiger partial charge in [0.2, 0.25) is 0 Å². The molecular weight excluding hydrogens is 257 g/mol. The van der Waals surface area contributed by atoms with E-state index in [1.807, 2.05) is 6.92 Å². The van der Waals surface area contributed by atoms with Gasteiger partial charge in [-0.1, -0.05) is 24.6 Å². The van der Waals surface area contributed by atoms with Crippen LogP contribution in [-0.4, -0.2) is 18.4 Å². The Balaban J connectivity index is 2.19. The predicted molar refractivity (Wildman–Crippen MR) is 68.0 cm³/mol. The summed E-state index contributed by atoms with van der Waals surface area (Å²) in [4.78, 5) is 15.9. The molecule has 2 N–H and O–H groups in total. The van der Waals surface area contributed by atoms with Crippen molar-refractivity contribution in [1.29, 1.82) is 0 Å². The molecule has 18 heavy (non-hydrogen) atoms. The van der Waals surface area contributed by atoms with Crippen molar-refractivity contribution in [2.24, 2.45) is 4.99 Å². The van der Waals surface area contributed by atoms with Crippen LogP contribution in [0.25, 0.3) is 0 Å². The van der Waals surface area contributed by atoms with Crippen LogP contribution in [0.15, 0.2) is 23.2 Å². The highest BCUT2D eigenvalue weighted by Gasteiger charge is 2.29. The van der Waals surface area contributed by atoms with Crippen LogP contribution in [-0.2, 0) is 4.79 Å². The standard InChI is InChI=1S/C12H13ClFN3O/c1-2-5-15-12-16-10(11(18)17-12)7-3-4-8(13)9(14)6-7/h3-4,6,10H,2,5H2,1H3,(H2,15,16,17,18). The molecule has 0 aliphatic carbocycles. The third kappa shape index (κ3) is 2.61. The number of hydrogen-bond acceptors (Lipinski definition) is 2. The summed E-state index contributed by atoms with van der Waals surface area (Å²) in [7, 11) is 0. The molecule has 96 valence electrons. The van der Waals surface area contributed by atoms with E-state index in [2.05, 4.69) is 15.6 Å². The minimum Gasteiger partial charge on any atom is -0.340 e. The molecule has 1 aromatic carbocycles. The van der Waals surface area contributed by atoms with E-state index in [1.165, 1.54) is 12.1 Å². The number of halogens is 2. The zero-order valence-corrected chi connectivity index (χ0v) is 10.6. The molecule has 1 fully saturated rings. The molecule has 0 spiro atoms. The second kappa shape index (κ2) is 5.35. The van der Waals surface area contributed by atoms with Crippen molar-refractivity contribution in [2.75, 3.05) is 6.54 Å².